The van der Waals surface area contributed by atoms with Crippen molar-refractivity contribution in [3.63, 3.8) is 0 Å². The van der Waals surface area contributed by atoms with Crippen molar-refractivity contribution in [2.75, 3.05) is 19.5 Å². The zero-order valence-corrected chi connectivity index (χ0v) is 17.2. The Morgan fingerprint density at radius 2 is 1.52 bits per heavy atom. The molecule has 158 valence electrons. The summed E-state index contributed by atoms with van der Waals surface area (Å²) < 4.78 is 37.1. The summed E-state index contributed by atoms with van der Waals surface area (Å²) in [6, 6.07) is 14.3. The number of unbranched alkanes of at least 4 members (excludes halogenated alkanes) is 1. The Hall–Kier alpha value is -2.91. The maximum absolute atomic E-state index is 11.2. The SMILES string of the molecule is CC(=O)c1ccc(OCCCCOc2cccc(C(=N)N)c2)cc1.CS(=O)(=O)O. The van der Waals surface area contributed by atoms with Crippen LogP contribution in [0.15, 0.2) is 48.5 Å². The first-order chi connectivity index (χ1) is 13.6. The summed E-state index contributed by atoms with van der Waals surface area (Å²) in [7, 11) is -3.67. The number of ether oxygens (including phenoxy) is 2. The number of nitrogens with two attached hydrogens (primary N) is 1. The number of nitrogens with one attached hydrogen (secondary N) is 1. The number of rotatable bonds is 9. The average molecular weight is 423 g/mol. The number of amidine groups is 1. The van der Waals surface area contributed by atoms with Gasteiger partial charge in [0.2, 0.25) is 0 Å². The van der Waals surface area contributed by atoms with Crippen molar-refractivity contribution in [2.45, 2.75) is 19.8 Å². The van der Waals surface area contributed by atoms with E-state index in [1.165, 1.54) is 0 Å². The first-order valence-corrected chi connectivity index (χ1v) is 10.6. The molecule has 0 bridgehead atoms. The Morgan fingerprint density at radius 3 is 2.00 bits per heavy atom. The molecule has 0 spiro atoms. The summed E-state index contributed by atoms with van der Waals surface area (Å²) in [6.45, 7) is 2.71. The molecule has 0 fully saturated rings. The maximum Gasteiger partial charge on any atom is 0.261 e. The number of carbonyl (C=O) groups is 1. The van der Waals surface area contributed by atoms with E-state index in [0.29, 0.717) is 36.3 Å². The number of benzene rings is 2. The number of Topliss-reactive ketones (excluding diaryl/α,β-unsaturated/α-hetero) is 1. The fourth-order valence-electron chi connectivity index (χ4n) is 2.12. The largest absolute Gasteiger partial charge is 0.494 e. The summed E-state index contributed by atoms with van der Waals surface area (Å²) in [5.41, 5.74) is 6.79. The van der Waals surface area contributed by atoms with Crippen LogP contribution >= 0.6 is 0 Å². The minimum atomic E-state index is -3.67. The normalized spacial score (nSPS) is 10.4. The van der Waals surface area contributed by atoms with Crippen LogP contribution in [0.5, 0.6) is 11.5 Å². The molecule has 0 unspecified atom stereocenters. The Morgan fingerprint density at radius 1 is 1.00 bits per heavy atom. The molecule has 0 aliphatic carbocycles. The minimum absolute atomic E-state index is 0.0321. The topological polar surface area (TPSA) is 140 Å². The van der Waals surface area contributed by atoms with Gasteiger partial charge < -0.3 is 15.2 Å². The molecule has 4 N–H and O–H groups in total. The van der Waals surface area contributed by atoms with E-state index in [1.54, 1.807) is 43.3 Å². The summed E-state index contributed by atoms with van der Waals surface area (Å²) in [5, 5.41) is 7.41. The van der Waals surface area contributed by atoms with Crippen LogP contribution in [-0.2, 0) is 10.1 Å². The van der Waals surface area contributed by atoms with E-state index in [-0.39, 0.29) is 11.6 Å². The van der Waals surface area contributed by atoms with E-state index in [9.17, 15) is 13.2 Å². The maximum atomic E-state index is 11.2. The molecular formula is C20H26N2O6S. The molecule has 0 aliphatic rings. The number of nitrogen functional groups attached to an aromatic ring is 1. The second-order valence-electron chi connectivity index (χ2n) is 6.16. The highest BCUT2D eigenvalue weighted by atomic mass is 32.2. The van der Waals surface area contributed by atoms with Crippen molar-refractivity contribution in [3.05, 3.63) is 59.7 Å². The van der Waals surface area contributed by atoms with E-state index in [0.717, 1.165) is 18.6 Å². The highest BCUT2D eigenvalue weighted by Crippen LogP contribution is 2.15. The average Bonchev–Trinajstić information content (AvgIpc) is 2.64. The van der Waals surface area contributed by atoms with Crippen molar-refractivity contribution in [3.8, 4) is 11.5 Å². The molecule has 0 heterocycles. The predicted molar refractivity (Wildman–Crippen MR) is 112 cm³/mol. The Bertz CT molecular complexity index is 903. The molecule has 8 nitrogen and oxygen atoms in total. The molecule has 0 atom stereocenters. The molecular weight excluding hydrogens is 396 g/mol. The number of hydrogen-bond donors (Lipinski definition) is 3. The lowest BCUT2D eigenvalue weighted by atomic mass is 10.1. The standard InChI is InChI=1S/C19H22N2O3.CH4O3S/c1-14(22)15-7-9-17(10-8-15)23-11-2-3-12-24-18-6-4-5-16(13-18)19(20)21;1-5(2,3)4/h4-10,13H,2-3,11-12H2,1H3,(H3,20,21);1H3,(H,2,3,4). The van der Waals surface area contributed by atoms with Crippen LogP contribution in [0, 0.1) is 5.41 Å². The fourth-order valence-corrected chi connectivity index (χ4v) is 2.12. The van der Waals surface area contributed by atoms with Gasteiger partial charge in [-0.15, -0.1) is 0 Å². The molecule has 29 heavy (non-hydrogen) atoms. The number of hydrogen-bond acceptors (Lipinski definition) is 6. The first-order valence-electron chi connectivity index (χ1n) is 8.80. The van der Waals surface area contributed by atoms with Gasteiger partial charge in [-0.05, 0) is 56.2 Å². The van der Waals surface area contributed by atoms with Gasteiger partial charge in [0, 0.05) is 11.1 Å². The van der Waals surface area contributed by atoms with Gasteiger partial charge in [0.05, 0.1) is 19.5 Å². The van der Waals surface area contributed by atoms with E-state index in [2.05, 4.69) is 0 Å². The third-order valence-electron chi connectivity index (χ3n) is 3.48. The Kier molecular flexibility index (Phi) is 9.84. The van der Waals surface area contributed by atoms with Crippen molar-refractivity contribution in [1.82, 2.24) is 0 Å². The van der Waals surface area contributed by atoms with E-state index >= 15 is 0 Å². The second kappa shape index (κ2) is 11.8. The molecule has 0 saturated heterocycles. The van der Waals surface area contributed by atoms with Crippen molar-refractivity contribution in [1.29, 1.82) is 5.41 Å². The highest BCUT2D eigenvalue weighted by Gasteiger charge is 2.01. The minimum Gasteiger partial charge on any atom is -0.494 e. The third-order valence-corrected chi connectivity index (χ3v) is 3.48. The van der Waals surface area contributed by atoms with Crippen LogP contribution in [0.2, 0.25) is 0 Å². The summed E-state index contributed by atoms with van der Waals surface area (Å²) in [5.74, 6) is 1.55. The van der Waals surface area contributed by atoms with Crippen LogP contribution < -0.4 is 15.2 Å². The summed E-state index contributed by atoms with van der Waals surface area (Å²) in [4.78, 5) is 11.2. The van der Waals surface area contributed by atoms with E-state index < -0.39 is 10.1 Å². The fraction of sp³-hybridized carbons (Fsp3) is 0.300. The van der Waals surface area contributed by atoms with Crippen LogP contribution in [-0.4, -0.2) is 44.1 Å². The Balaban J connectivity index is 0.000000749. The molecule has 0 amide bonds. The molecule has 2 aromatic rings. The zero-order chi connectivity index (χ0) is 21.9. The van der Waals surface area contributed by atoms with Crippen LogP contribution in [0.3, 0.4) is 0 Å². The monoisotopic (exact) mass is 422 g/mol. The van der Waals surface area contributed by atoms with Crippen LogP contribution in [0.4, 0.5) is 0 Å². The van der Waals surface area contributed by atoms with Gasteiger partial charge in [0.1, 0.15) is 17.3 Å². The van der Waals surface area contributed by atoms with Gasteiger partial charge in [-0.2, -0.15) is 8.42 Å². The number of carbonyl (C=O) groups excluding carboxylic acids is 1. The predicted octanol–water partition coefficient (Wildman–Crippen LogP) is 2.92. The highest BCUT2D eigenvalue weighted by molar-refractivity contribution is 7.85. The third kappa shape index (κ3) is 11.5. The van der Waals surface area contributed by atoms with E-state index in [1.807, 2.05) is 12.1 Å². The summed E-state index contributed by atoms with van der Waals surface area (Å²) >= 11 is 0. The quantitative estimate of drug-likeness (QED) is 0.185. The molecule has 0 saturated carbocycles. The van der Waals surface area contributed by atoms with Crippen LogP contribution in [0.1, 0.15) is 35.7 Å². The van der Waals surface area contributed by atoms with E-state index in [4.69, 9.17) is 25.2 Å². The Labute approximate surface area is 170 Å². The molecule has 9 heteroatoms. The first kappa shape index (κ1) is 24.1. The second-order valence-corrected chi connectivity index (χ2v) is 7.63. The van der Waals surface area contributed by atoms with Crippen molar-refractivity contribution in [2.24, 2.45) is 5.73 Å². The number of ketones is 1. The molecule has 0 aromatic heterocycles. The van der Waals surface area contributed by atoms with Gasteiger partial charge in [0.15, 0.2) is 5.78 Å². The van der Waals surface area contributed by atoms with Gasteiger partial charge in [0.25, 0.3) is 10.1 Å². The lowest BCUT2D eigenvalue weighted by Crippen LogP contribution is -2.11. The lowest BCUT2D eigenvalue weighted by molar-refractivity contribution is 0.101. The van der Waals surface area contributed by atoms with Crippen molar-refractivity contribution >= 4 is 21.7 Å². The molecule has 2 rings (SSSR count). The molecule has 0 radical (unpaired) electrons. The van der Waals surface area contributed by atoms with Crippen molar-refractivity contribution < 1.29 is 27.2 Å². The molecule has 0 aliphatic heterocycles. The van der Waals surface area contributed by atoms with Gasteiger partial charge in [-0.3, -0.25) is 14.8 Å². The summed E-state index contributed by atoms with van der Waals surface area (Å²) in [6.07, 6.45) is 2.43. The zero-order valence-electron chi connectivity index (χ0n) is 16.4. The lowest BCUT2D eigenvalue weighted by Gasteiger charge is -2.09. The van der Waals surface area contributed by atoms with Crippen LogP contribution in [0.25, 0.3) is 0 Å². The van der Waals surface area contributed by atoms with Gasteiger partial charge in [-0.25, -0.2) is 0 Å². The molecule has 2 aromatic carbocycles. The van der Waals surface area contributed by atoms with Gasteiger partial charge in [-0.1, -0.05) is 12.1 Å². The van der Waals surface area contributed by atoms with Gasteiger partial charge >= 0.3 is 0 Å². The smallest absolute Gasteiger partial charge is 0.261 e.